The quantitative estimate of drug-likeness (QED) is 0.626. The van der Waals surface area contributed by atoms with Gasteiger partial charge >= 0.3 is 0 Å². The van der Waals surface area contributed by atoms with Gasteiger partial charge in [-0.25, -0.2) is 0 Å². The predicted molar refractivity (Wildman–Crippen MR) is 98.4 cm³/mol. The van der Waals surface area contributed by atoms with E-state index in [1.54, 1.807) is 41.6 Å². The Hall–Kier alpha value is -2.11. The lowest BCUT2D eigenvalue weighted by molar-refractivity contribution is 0.0778. The largest absolute Gasteiger partial charge is 0.455 e. The van der Waals surface area contributed by atoms with Crippen molar-refractivity contribution in [2.75, 3.05) is 13.1 Å². The number of hydrogen-bond acceptors (Lipinski definition) is 4. The maximum atomic E-state index is 12.5. The molecule has 0 aliphatic rings. The van der Waals surface area contributed by atoms with Crippen molar-refractivity contribution in [2.24, 2.45) is 0 Å². The number of pyridine rings is 1. The minimum Gasteiger partial charge on any atom is -0.455 e. The number of carbonyl (C=O) groups is 1. The van der Waals surface area contributed by atoms with E-state index >= 15 is 0 Å². The Morgan fingerprint density at radius 3 is 2.58 bits per heavy atom. The normalized spacial score (nSPS) is 10.8. The van der Waals surface area contributed by atoms with E-state index < -0.39 is 0 Å². The van der Waals surface area contributed by atoms with E-state index in [0.717, 1.165) is 10.1 Å². The number of nitrogens with zero attached hydrogens (tertiary/aromatic N) is 2. The Bertz CT molecular complexity index is 857. The van der Waals surface area contributed by atoms with E-state index in [0.29, 0.717) is 34.5 Å². The van der Waals surface area contributed by atoms with Crippen molar-refractivity contribution in [3.8, 4) is 11.5 Å². The van der Waals surface area contributed by atoms with Crippen LogP contribution in [-0.2, 0) is 0 Å². The van der Waals surface area contributed by atoms with Crippen molar-refractivity contribution in [3.05, 3.63) is 52.6 Å². The summed E-state index contributed by atoms with van der Waals surface area (Å²) < 4.78 is 6.84. The third-order valence-corrected chi connectivity index (χ3v) is 5.02. The molecule has 0 fully saturated rings. The highest BCUT2D eigenvalue weighted by Gasteiger charge is 2.17. The van der Waals surface area contributed by atoms with Crippen LogP contribution in [0.25, 0.3) is 10.1 Å². The van der Waals surface area contributed by atoms with Gasteiger partial charge in [0, 0.05) is 29.7 Å². The highest BCUT2D eigenvalue weighted by atomic mass is 35.5. The first kappa shape index (κ1) is 16.7. The molecule has 0 unspecified atom stereocenters. The molecular formula is C18H17ClN2O2S. The number of thiophene rings is 1. The minimum absolute atomic E-state index is 0.0404. The van der Waals surface area contributed by atoms with Gasteiger partial charge in [0.15, 0.2) is 5.75 Å². The van der Waals surface area contributed by atoms with Crippen LogP contribution in [-0.4, -0.2) is 28.9 Å². The number of ether oxygens (including phenoxy) is 1. The number of halogens is 1. The molecule has 2 heterocycles. The molecule has 0 saturated heterocycles. The molecule has 0 aliphatic carbocycles. The molecule has 0 bridgehead atoms. The fraction of sp³-hybridized carbons (Fsp3) is 0.222. The maximum Gasteiger partial charge on any atom is 0.263 e. The maximum absolute atomic E-state index is 12.5. The molecule has 124 valence electrons. The number of hydrogen-bond donors (Lipinski definition) is 0. The van der Waals surface area contributed by atoms with E-state index in [1.807, 2.05) is 19.9 Å². The molecule has 1 aromatic carbocycles. The van der Waals surface area contributed by atoms with Gasteiger partial charge in [0.05, 0.1) is 15.8 Å². The second-order valence-corrected chi connectivity index (χ2v) is 6.71. The van der Waals surface area contributed by atoms with Gasteiger partial charge in [-0.05, 0) is 44.2 Å². The van der Waals surface area contributed by atoms with Crippen LogP contribution in [0.1, 0.15) is 23.5 Å². The Morgan fingerprint density at radius 2 is 1.92 bits per heavy atom. The van der Waals surface area contributed by atoms with Gasteiger partial charge in [-0.15, -0.1) is 11.3 Å². The summed E-state index contributed by atoms with van der Waals surface area (Å²) in [5.41, 5.74) is 0. The molecule has 0 spiro atoms. The van der Waals surface area contributed by atoms with Crippen LogP contribution < -0.4 is 4.74 Å². The van der Waals surface area contributed by atoms with Gasteiger partial charge in [0.25, 0.3) is 5.91 Å². The lowest BCUT2D eigenvalue weighted by Crippen LogP contribution is -2.29. The molecular weight excluding hydrogens is 344 g/mol. The topological polar surface area (TPSA) is 42.4 Å². The first-order valence-electron chi connectivity index (χ1n) is 7.72. The van der Waals surface area contributed by atoms with Crippen LogP contribution in [0, 0.1) is 0 Å². The number of fused-ring (bicyclic) bond motifs is 1. The molecule has 1 amide bonds. The van der Waals surface area contributed by atoms with Crippen LogP contribution in [0.3, 0.4) is 0 Å². The Morgan fingerprint density at radius 1 is 1.21 bits per heavy atom. The average molecular weight is 361 g/mol. The molecule has 3 rings (SSSR count). The summed E-state index contributed by atoms with van der Waals surface area (Å²) in [5, 5.41) is 1.54. The summed E-state index contributed by atoms with van der Waals surface area (Å²) in [6, 6.07) is 9.03. The number of benzene rings is 1. The summed E-state index contributed by atoms with van der Waals surface area (Å²) in [6.07, 6.45) is 3.42. The zero-order valence-corrected chi connectivity index (χ0v) is 15.0. The lowest BCUT2D eigenvalue weighted by atomic mass is 10.2. The van der Waals surface area contributed by atoms with Gasteiger partial charge in [0.1, 0.15) is 5.75 Å². The van der Waals surface area contributed by atoms with Gasteiger partial charge in [-0.2, -0.15) is 0 Å². The van der Waals surface area contributed by atoms with Crippen LogP contribution in [0.2, 0.25) is 5.02 Å². The van der Waals surface area contributed by atoms with E-state index in [-0.39, 0.29) is 5.91 Å². The minimum atomic E-state index is 0.0404. The molecule has 6 heteroatoms. The standard InChI is InChI=1S/C18H17ClN2O2S/c1-3-21(4-2)18(22)16-9-14-15(10-20-11-17(14)24-16)23-13-7-5-12(19)6-8-13/h5-11H,3-4H2,1-2H3. The molecule has 2 aromatic heterocycles. The van der Waals surface area contributed by atoms with Gasteiger partial charge in [-0.3, -0.25) is 9.78 Å². The average Bonchev–Trinajstić information content (AvgIpc) is 3.03. The van der Waals surface area contributed by atoms with Crippen molar-refractivity contribution in [2.45, 2.75) is 13.8 Å². The molecule has 0 saturated carbocycles. The summed E-state index contributed by atoms with van der Waals surface area (Å²) in [7, 11) is 0. The number of aromatic nitrogens is 1. The lowest BCUT2D eigenvalue weighted by Gasteiger charge is -2.17. The number of amides is 1. The van der Waals surface area contributed by atoms with Gasteiger partial charge in [-0.1, -0.05) is 11.6 Å². The fourth-order valence-electron chi connectivity index (χ4n) is 2.42. The zero-order valence-electron chi connectivity index (χ0n) is 13.5. The highest BCUT2D eigenvalue weighted by Crippen LogP contribution is 2.35. The predicted octanol–water partition coefficient (Wildman–Crippen LogP) is 5.22. The number of carbonyl (C=O) groups excluding carboxylic acids is 1. The SMILES string of the molecule is CCN(CC)C(=O)c1cc2c(Oc3ccc(Cl)cc3)cncc2s1. The third-order valence-electron chi connectivity index (χ3n) is 3.71. The summed E-state index contributed by atoms with van der Waals surface area (Å²) in [4.78, 5) is 19.3. The second-order valence-electron chi connectivity index (χ2n) is 5.19. The van der Waals surface area contributed by atoms with Gasteiger partial charge in [0.2, 0.25) is 0 Å². The summed E-state index contributed by atoms with van der Waals surface area (Å²) in [5.74, 6) is 1.35. The monoisotopic (exact) mass is 360 g/mol. The molecule has 0 aliphatic heterocycles. The first-order chi connectivity index (χ1) is 11.6. The summed E-state index contributed by atoms with van der Waals surface area (Å²) >= 11 is 7.33. The van der Waals surface area contributed by atoms with Crippen molar-refractivity contribution < 1.29 is 9.53 Å². The van der Waals surface area contributed by atoms with Gasteiger partial charge < -0.3 is 9.64 Å². The van der Waals surface area contributed by atoms with Crippen LogP contribution in [0.5, 0.6) is 11.5 Å². The molecule has 3 aromatic rings. The van der Waals surface area contributed by atoms with Crippen molar-refractivity contribution in [1.82, 2.24) is 9.88 Å². The number of rotatable bonds is 5. The summed E-state index contributed by atoms with van der Waals surface area (Å²) in [6.45, 7) is 5.34. The Balaban J connectivity index is 1.95. The van der Waals surface area contributed by atoms with Crippen molar-refractivity contribution in [1.29, 1.82) is 0 Å². The van der Waals surface area contributed by atoms with E-state index in [9.17, 15) is 4.79 Å². The highest BCUT2D eigenvalue weighted by molar-refractivity contribution is 7.20. The first-order valence-corrected chi connectivity index (χ1v) is 8.92. The van der Waals surface area contributed by atoms with E-state index in [1.165, 1.54) is 11.3 Å². The molecule has 0 N–H and O–H groups in total. The third kappa shape index (κ3) is 3.37. The molecule has 0 atom stereocenters. The second kappa shape index (κ2) is 7.20. The smallest absolute Gasteiger partial charge is 0.263 e. The van der Waals surface area contributed by atoms with E-state index in [4.69, 9.17) is 16.3 Å². The van der Waals surface area contributed by atoms with E-state index in [2.05, 4.69) is 4.98 Å². The Kier molecular flexibility index (Phi) is 5.02. The van der Waals surface area contributed by atoms with Crippen molar-refractivity contribution in [3.63, 3.8) is 0 Å². The van der Waals surface area contributed by atoms with Crippen LogP contribution >= 0.6 is 22.9 Å². The Labute approximate surface area is 149 Å². The zero-order chi connectivity index (χ0) is 17.1. The van der Waals surface area contributed by atoms with Crippen LogP contribution in [0.15, 0.2) is 42.7 Å². The molecule has 0 radical (unpaired) electrons. The molecule has 24 heavy (non-hydrogen) atoms. The fourth-order valence-corrected chi connectivity index (χ4v) is 3.56. The molecule has 4 nitrogen and oxygen atoms in total. The van der Waals surface area contributed by atoms with Crippen molar-refractivity contribution >= 4 is 38.9 Å². The van der Waals surface area contributed by atoms with Crippen LogP contribution in [0.4, 0.5) is 0 Å².